The van der Waals surface area contributed by atoms with Gasteiger partial charge in [-0.25, -0.2) is 19.6 Å². The average molecular weight is 461 g/mol. The summed E-state index contributed by atoms with van der Waals surface area (Å²) in [6.07, 6.45) is 6.64. The Morgan fingerprint density at radius 3 is 2.88 bits per heavy atom. The van der Waals surface area contributed by atoms with Crippen molar-refractivity contribution in [2.24, 2.45) is 10.9 Å². The predicted octanol–water partition coefficient (Wildman–Crippen LogP) is 4.88. The van der Waals surface area contributed by atoms with Crippen molar-refractivity contribution in [2.75, 3.05) is 30.8 Å². The fourth-order valence-corrected chi connectivity index (χ4v) is 5.03. The van der Waals surface area contributed by atoms with Crippen molar-refractivity contribution in [1.29, 1.82) is 5.26 Å². The van der Waals surface area contributed by atoms with Crippen LogP contribution in [0.2, 0.25) is 17.2 Å². The summed E-state index contributed by atoms with van der Waals surface area (Å²) in [6.45, 7) is 1.83. The molecule has 5 rings (SSSR count). The Hall–Kier alpha value is -3.18. The topological polar surface area (TPSA) is 91.2 Å². The summed E-state index contributed by atoms with van der Waals surface area (Å²) in [5, 5.41) is 10.8. The van der Waals surface area contributed by atoms with E-state index in [1.807, 2.05) is 12.3 Å². The quantitative estimate of drug-likeness (QED) is 0.340. The number of fused-ring (bicyclic) bond motifs is 1. The van der Waals surface area contributed by atoms with Gasteiger partial charge in [0.25, 0.3) is 6.71 Å². The fraction of sp³-hybridized carbons (Fsp3) is 0.333. The van der Waals surface area contributed by atoms with E-state index in [0.717, 1.165) is 30.5 Å². The van der Waals surface area contributed by atoms with E-state index in [0.29, 0.717) is 39.2 Å². The average Bonchev–Trinajstić information content (AvgIpc) is 3.67. The number of hydrogen-bond acceptors (Lipinski definition) is 6. The van der Waals surface area contributed by atoms with Crippen LogP contribution in [-0.4, -0.2) is 43.0 Å². The lowest BCUT2D eigenvalue weighted by Gasteiger charge is -2.36. The molecular weight excluding hydrogens is 438 g/mol. The van der Waals surface area contributed by atoms with Crippen molar-refractivity contribution in [1.82, 2.24) is 9.97 Å². The highest BCUT2D eigenvalue weighted by Gasteiger charge is 2.42. The van der Waals surface area contributed by atoms with Crippen LogP contribution in [-0.2, 0) is 0 Å². The Morgan fingerprint density at radius 1 is 1.33 bits per heavy atom. The number of nitrogens with zero attached hydrogens (tertiary/aromatic N) is 5. The standard InChI is InChI=1S/C24H23BClFN6/c1-30-10-16-6-15(7-21(27)23(16)29)22-9-20(26)18-8-17(11-31-24(18)32-22)33-5-4-25(13-28)19(12-33)14-2-3-14/h6-11,14,19H,2-5,12,29H2,1H3. The molecule has 2 aliphatic rings. The third kappa shape index (κ3) is 4.13. The van der Waals surface area contributed by atoms with E-state index in [9.17, 15) is 9.65 Å². The molecule has 1 saturated heterocycles. The Bertz CT molecular complexity index is 1300. The minimum absolute atomic E-state index is 0.0451. The van der Waals surface area contributed by atoms with Crippen molar-refractivity contribution < 1.29 is 4.39 Å². The molecular formula is C24H23BClFN6. The molecule has 1 saturated carbocycles. The number of anilines is 2. The predicted molar refractivity (Wildman–Crippen MR) is 133 cm³/mol. The van der Waals surface area contributed by atoms with E-state index < -0.39 is 5.82 Å². The van der Waals surface area contributed by atoms with Gasteiger partial charge < -0.3 is 10.6 Å². The fourth-order valence-electron chi connectivity index (χ4n) is 4.79. The molecule has 1 aliphatic carbocycles. The van der Waals surface area contributed by atoms with E-state index in [-0.39, 0.29) is 12.4 Å². The van der Waals surface area contributed by atoms with Gasteiger partial charge in [-0.1, -0.05) is 24.4 Å². The lowest BCUT2D eigenvalue weighted by atomic mass is 9.37. The van der Waals surface area contributed by atoms with Crippen LogP contribution in [0, 0.1) is 23.0 Å². The smallest absolute Gasteiger partial charge is 0.274 e. The van der Waals surface area contributed by atoms with Gasteiger partial charge in [-0.15, -0.1) is 0 Å². The van der Waals surface area contributed by atoms with Gasteiger partial charge in [-0.3, -0.25) is 4.99 Å². The van der Waals surface area contributed by atoms with E-state index >= 15 is 0 Å². The summed E-state index contributed by atoms with van der Waals surface area (Å²) in [7, 11) is 1.60. The SMILES string of the molecule is CN=Cc1cc(-c2cc(Cl)c3cc(N4CCB(C#N)C(C5CC5)C4)cnc3n2)cc(F)c1N. The second-order valence-corrected chi connectivity index (χ2v) is 9.28. The normalized spacial score (nSPS) is 18.8. The molecule has 0 bridgehead atoms. The van der Waals surface area contributed by atoms with Crippen molar-refractivity contribution >= 4 is 46.9 Å². The molecule has 2 aromatic heterocycles. The molecule has 1 aliphatic heterocycles. The number of nitriles is 1. The summed E-state index contributed by atoms with van der Waals surface area (Å²) in [5.74, 6) is 3.06. The Labute approximate surface area is 197 Å². The van der Waals surface area contributed by atoms with Crippen LogP contribution in [0.15, 0.2) is 35.5 Å². The Morgan fingerprint density at radius 2 is 2.15 bits per heavy atom. The van der Waals surface area contributed by atoms with E-state index in [1.54, 1.807) is 19.2 Å². The summed E-state index contributed by atoms with van der Waals surface area (Å²) in [6, 6.07) is 6.82. The maximum atomic E-state index is 14.4. The molecule has 3 heterocycles. The number of nitrogen functional groups attached to an aromatic ring is 1. The molecule has 0 amide bonds. The van der Waals surface area contributed by atoms with Gasteiger partial charge in [0.1, 0.15) is 5.82 Å². The molecule has 1 atom stereocenters. The molecule has 1 aromatic carbocycles. The molecule has 2 N–H and O–H groups in total. The van der Waals surface area contributed by atoms with Gasteiger partial charge in [0.15, 0.2) is 5.65 Å². The number of nitrogens with two attached hydrogens (primary N) is 1. The van der Waals surface area contributed by atoms with Crippen LogP contribution in [0.1, 0.15) is 18.4 Å². The van der Waals surface area contributed by atoms with Crippen LogP contribution in [0.4, 0.5) is 15.8 Å². The molecule has 0 spiro atoms. The summed E-state index contributed by atoms with van der Waals surface area (Å²) < 4.78 is 14.4. The van der Waals surface area contributed by atoms with E-state index in [1.165, 1.54) is 25.1 Å². The maximum absolute atomic E-state index is 14.4. The van der Waals surface area contributed by atoms with E-state index in [2.05, 4.69) is 25.8 Å². The van der Waals surface area contributed by atoms with Crippen molar-refractivity contribution in [2.45, 2.75) is 25.0 Å². The number of halogens is 2. The number of rotatable bonds is 4. The summed E-state index contributed by atoms with van der Waals surface area (Å²) in [4.78, 5) is 15.5. The summed E-state index contributed by atoms with van der Waals surface area (Å²) in [5.41, 5.74) is 8.91. The van der Waals surface area contributed by atoms with Crippen molar-refractivity contribution in [3.8, 4) is 17.2 Å². The van der Waals surface area contributed by atoms with E-state index in [4.69, 9.17) is 17.3 Å². The van der Waals surface area contributed by atoms with Crippen molar-refractivity contribution in [3.05, 3.63) is 46.9 Å². The highest BCUT2D eigenvalue weighted by atomic mass is 35.5. The van der Waals surface area contributed by atoms with Gasteiger partial charge in [0.05, 0.1) is 28.3 Å². The first kappa shape index (κ1) is 21.7. The molecule has 3 aromatic rings. The number of hydrogen-bond donors (Lipinski definition) is 1. The van der Waals surface area contributed by atoms with Gasteiger partial charge in [-0.2, -0.15) is 0 Å². The number of aliphatic imine (C=N–C) groups is 1. The molecule has 9 heteroatoms. The molecule has 1 unspecified atom stereocenters. The van der Waals surface area contributed by atoms with Crippen LogP contribution >= 0.6 is 11.6 Å². The molecule has 6 nitrogen and oxygen atoms in total. The maximum Gasteiger partial charge on any atom is 0.274 e. The first-order valence-electron chi connectivity index (χ1n) is 11.1. The molecule has 33 heavy (non-hydrogen) atoms. The number of aromatic nitrogens is 2. The highest BCUT2D eigenvalue weighted by Crippen LogP contribution is 2.45. The largest absolute Gasteiger partial charge is 0.396 e. The first-order chi connectivity index (χ1) is 16.0. The lowest BCUT2D eigenvalue weighted by Crippen LogP contribution is -2.42. The zero-order chi connectivity index (χ0) is 23.1. The third-order valence-corrected chi connectivity index (χ3v) is 7.05. The van der Waals surface area contributed by atoms with Crippen LogP contribution in [0.5, 0.6) is 0 Å². The van der Waals surface area contributed by atoms with Gasteiger partial charge >= 0.3 is 0 Å². The first-order valence-corrected chi connectivity index (χ1v) is 11.5. The van der Waals surface area contributed by atoms with Crippen molar-refractivity contribution in [3.63, 3.8) is 0 Å². The lowest BCUT2D eigenvalue weighted by molar-refractivity contribution is 0.633. The Balaban J connectivity index is 1.48. The second-order valence-electron chi connectivity index (χ2n) is 8.87. The third-order valence-electron chi connectivity index (χ3n) is 6.74. The summed E-state index contributed by atoms with van der Waals surface area (Å²) >= 11 is 6.64. The minimum Gasteiger partial charge on any atom is -0.396 e. The Kier molecular flexibility index (Phi) is 5.67. The zero-order valence-corrected chi connectivity index (χ0v) is 19.1. The van der Waals surface area contributed by atoms with Gasteiger partial charge in [0, 0.05) is 48.8 Å². The van der Waals surface area contributed by atoms with Crippen LogP contribution in [0.3, 0.4) is 0 Å². The van der Waals surface area contributed by atoms with Crippen LogP contribution in [0.25, 0.3) is 22.3 Å². The number of pyridine rings is 2. The number of benzene rings is 1. The highest BCUT2D eigenvalue weighted by molar-refractivity contribution is 6.69. The molecule has 0 radical (unpaired) electrons. The zero-order valence-electron chi connectivity index (χ0n) is 18.3. The van der Waals surface area contributed by atoms with Gasteiger partial charge in [-0.05, 0) is 42.3 Å². The second kappa shape index (κ2) is 8.64. The monoisotopic (exact) mass is 460 g/mol. The molecule has 166 valence electrons. The van der Waals surface area contributed by atoms with Crippen LogP contribution < -0.4 is 10.6 Å². The van der Waals surface area contributed by atoms with Gasteiger partial charge in [0.2, 0.25) is 0 Å². The molecule has 2 fully saturated rings. The minimum atomic E-state index is -0.533.